The van der Waals surface area contributed by atoms with Crippen molar-refractivity contribution in [2.24, 2.45) is 11.8 Å². The van der Waals surface area contributed by atoms with Gasteiger partial charge in [-0.1, -0.05) is 32.6 Å². The number of carbonyl (C=O) groups excluding carboxylic acids is 1. The lowest BCUT2D eigenvalue weighted by Crippen LogP contribution is -2.55. The Morgan fingerprint density at radius 1 is 1.26 bits per heavy atom. The van der Waals surface area contributed by atoms with Crippen LogP contribution in [-0.4, -0.2) is 39.8 Å². The number of fused-ring (bicyclic) bond motifs is 1. The van der Waals surface area contributed by atoms with Gasteiger partial charge in [-0.15, -0.1) is 0 Å². The molecule has 1 aliphatic heterocycles. The lowest BCUT2D eigenvalue weighted by Gasteiger charge is -2.43. The average molecular weight is 390 g/mol. The number of unbranched alkanes of at least 4 members (excludes halogenated alkanes) is 4. The molecule has 0 aromatic heterocycles. The molecule has 156 valence electrons. The number of ketones is 1. The van der Waals surface area contributed by atoms with Crippen LogP contribution in [0.2, 0.25) is 0 Å². The first-order valence-electron chi connectivity index (χ1n) is 10.2. The van der Waals surface area contributed by atoms with E-state index in [0.717, 1.165) is 19.3 Å². The predicted molar refractivity (Wildman–Crippen MR) is 95.5 cm³/mol. The Hall–Kier alpha value is -1.08. The Bertz CT molecular complexity index is 525. The Morgan fingerprint density at radius 2 is 1.96 bits per heavy atom. The summed E-state index contributed by atoms with van der Waals surface area (Å²) in [5.41, 5.74) is 0. The van der Waals surface area contributed by atoms with Crippen LogP contribution in [0.3, 0.4) is 0 Å². The second kappa shape index (κ2) is 9.41. The van der Waals surface area contributed by atoms with E-state index >= 15 is 0 Å². The van der Waals surface area contributed by atoms with Crippen LogP contribution in [0.15, 0.2) is 0 Å². The summed E-state index contributed by atoms with van der Waals surface area (Å²) in [6.07, 6.45) is 4.17. The fourth-order valence-corrected chi connectivity index (χ4v) is 4.42. The van der Waals surface area contributed by atoms with Crippen LogP contribution in [0.1, 0.15) is 84.0 Å². The van der Waals surface area contributed by atoms with E-state index in [9.17, 15) is 23.5 Å². The van der Waals surface area contributed by atoms with Gasteiger partial charge in [0.15, 0.2) is 0 Å². The molecule has 2 aliphatic rings. The number of carboxylic acid groups (broad SMARTS) is 1. The molecule has 1 saturated carbocycles. The van der Waals surface area contributed by atoms with Gasteiger partial charge in [-0.2, -0.15) is 0 Å². The molecule has 2 N–H and O–H groups in total. The molecule has 0 aromatic rings. The summed E-state index contributed by atoms with van der Waals surface area (Å²) in [4.78, 5) is 22.8. The highest BCUT2D eigenvalue weighted by molar-refractivity contribution is 5.84. The van der Waals surface area contributed by atoms with E-state index < -0.39 is 30.2 Å². The molecule has 0 spiro atoms. The lowest BCUT2D eigenvalue weighted by molar-refractivity contribution is -0.356. The molecule has 1 heterocycles. The van der Waals surface area contributed by atoms with Gasteiger partial charge in [-0.25, -0.2) is 8.78 Å². The van der Waals surface area contributed by atoms with Crippen LogP contribution in [-0.2, 0) is 14.3 Å². The van der Waals surface area contributed by atoms with Crippen LogP contribution in [0.5, 0.6) is 0 Å². The minimum Gasteiger partial charge on any atom is -0.481 e. The first kappa shape index (κ1) is 22.2. The maximum absolute atomic E-state index is 14.4. The summed E-state index contributed by atoms with van der Waals surface area (Å²) in [6, 6.07) is 0. The zero-order chi connectivity index (χ0) is 20.1. The largest absolute Gasteiger partial charge is 0.481 e. The van der Waals surface area contributed by atoms with Crippen molar-refractivity contribution in [3.8, 4) is 0 Å². The van der Waals surface area contributed by atoms with Gasteiger partial charge in [0.25, 0.3) is 0 Å². The smallest absolute Gasteiger partial charge is 0.303 e. The van der Waals surface area contributed by atoms with E-state index in [0.29, 0.717) is 32.1 Å². The summed E-state index contributed by atoms with van der Waals surface area (Å²) < 4.78 is 34.3. The molecule has 2 rings (SSSR count). The molecule has 7 heteroatoms. The molecule has 0 radical (unpaired) electrons. The van der Waals surface area contributed by atoms with E-state index in [1.54, 1.807) is 0 Å². The second-order valence-corrected chi connectivity index (χ2v) is 8.07. The van der Waals surface area contributed by atoms with Crippen LogP contribution in [0.4, 0.5) is 8.78 Å². The van der Waals surface area contributed by atoms with Crippen molar-refractivity contribution in [2.45, 2.75) is 102 Å². The summed E-state index contributed by atoms with van der Waals surface area (Å²) in [5, 5.41) is 19.1. The first-order valence-corrected chi connectivity index (χ1v) is 10.2. The molecule has 2 fully saturated rings. The highest BCUT2D eigenvalue weighted by atomic mass is 19.3. The van der Waals surface area contributed by atoms with Gasteiger partial charge in [0.2, 0.25) is 5.79 Å². The topological polar surface area (TPSA) is 83.8 Å². The fourth-order valence-electron chi connectivity index (χ4n) is 4.42. The number of hydrogen-bond acceptors (Lipinski definition) is 4. The average Bonchev–Trinajstić information content (AvgIpc) is 2.90. The third kappa shape index (κ3) is 5.47. The van der Waals surface area contributed by atoms with E-state index in [4.69, 9.17) is 9.84 Å². The number of hydrogen-bond donors (Lipinski definition) is 2. The summed E-state index contributed by atoms with van der Waals surface area (Å²) in [5.74, 6) is -6.82. The Morgan fingerprint density at radius 3 is 2.63 bits per heavy atom. The maximum atomic E-state index is 14.4. The SMILES string of the molecule is CCCCC(F)(F)[C@@]1(O)CC[C@H]2[C@H](CCCCCCC(=O)O)C(=O)C[C@H]2O1. The molecule has 1 saturated heterocycles. The monoisotopic (exact) mass is 390 g/mol. The van der Waals surface area contributed by atoms with Crippen molar-refractivity contribution in [1.82, 2.24) is 0 Å². The standard InChI is InChI=1S/C20H32F2O5/c1-2-3-11-19(21,22)20(26)12-10-15-14(16(23)13-17(15)27-20)8-6-4-5-7-9-18(24)25/h14-15,17,26H,2-13H2,1H3,(H,24,25)/t14-,15-,17+,20+/m0/s1. The third-order valence-corrected chi connectivity index (χ3v) is 6.04. The fraction of sp³-hybridized carbons (Fsp3) is 0.900. The number of halogens is 2. The van der Waals surface area contributed by atoms with Gasteiger partial charge < -0.3 is 14.9 Å². The van der Waals surface area contributed by atoms with Crippen LogP contribution in [0.25, 0.3) is 0 Å². The van der Waals surface area contributed by atoms with E-state index in [1.807, 2.05) is 6.92 Å². The summed E-state index contributed by atoms with van der Waals surface area (Å²) in [6.45, 7) is 1.82. The Balaban J connectivity index is 1.84. The number of aliphatic carboxylic acids is 1. The van der Waals surface area contributed by atoms with Crippen LogP contribution >= 0.6 is 0 Å². The number of aliphatic hydroxyl groups is 1. The van der Waals surface area contributed by atoms with Gasteiger partial charge >= 0.3 is 11.9 Å². The number of carboxylic acids is 1. The number of alkyl halides is 2. The van der Waals surface area contributed by atoms with Crippen LogP contribution in [0, 0.1) is 11.8 Å². The van der Waals surface area contributed by atoms with Gasteiger partial charge in [0, 0.05) is 31.6 Å². The molecular formula is C20H32F2O5. The van der Waals surface area contributed by atoms with Crippen molar-refractivity contribution < 1.29 is 33.3 Å². The Labute approximate surface area is 159 Å². The summed E-state index contributed by atoms with van der Waals surface area (Å²) in [7, 11) is 0. The zero-order valence-electron chi connectivity index (χ0n) is 16.1. The molecule has 0 bridgehead atoms. The van der Waals surface area contributed by atoms with Crippen molar-refractivity contribution in [3.63, 3.8) is 0 Å². The van der Waals surface area contributed by atoms with Gasteiger partial charge in [-0.3, -0.25) is 9.59 Å². The van der Waals surface area contributed by atoms with Crippen molar-refractivity contribution in [2.75, 3.05) is 0 Å². The van der Waals surface area contributed by atoms with E-state index in [2.05, 4.69) is 0 Å². The highest BCUT2D eigenvalue weighted by Gasteiger charge is 2.59. The molecule has 0 amide bonds. The normalized spacial score (nSPS) is 31.1. The van der Waals surface area contributed by atoms with Crippen molar-refractivity contribution in [1.29, 1.82) is 0 Å². The van der Waals surface area contributed by atoms with Crippen molar-refractivity contribution >= 4 is 11.8 Å². The molecule has 0 aromatic carbocycles. The summed E-state index contributed by atoms with van der Waals surface area (Å²) >= 11 is 0. The predicted octanol–water partition coefficient (Wildman–Crippen LogP) is 4.31. The molecule has 0 unspecified atom stereocenters. The number of rotatable bonds is 11. The number of carbonyl (C=O) groups is 2. The lowest BCUT2D eigenvalue weighted by atomic mass is 9.81. The van der Waals surface area contributed by atoms with Gasteiger partial charge in [0.1, 0.15) is 5.78 Å². The number of ether oxygens (including phenoxy) is 1. The molecule has 5 nitrogen and oxygen atoms in total. The molecule has 4 atom stereocenters. The quantitative estimate of drug-likeness (QED) is 0.514. The zero-order valence-corrected chi connectivity index (χ0v) is 16.1. The minimum absolute atomic E-state index is 0.0386. The molecule has 27 heavy (non-hydrogen) atoms. The minimum atomic E-state index is -3.31. The first-order chi connectivity index (χ1) is 12.7. The maximum Gasteiger partial charge on any atom is 0.303 e. The van der Waals surface area contributed by atoms with Gasteiger partial charge in [0.05, 0.1) is 6.10 Å². The Kier molecular flexibility index (Phi) is 7.74. The van der Waals surface area contributed by atoms with Gasteiger partial charge in [-0.05, 0) is 31.6 Å². The molecular weight excluding hydrogens is 358 g/mol. The van der Waals surface area contributed by atoms with E-state index in [-0.39, 0.29) is 36.9 Å². The number of Topliss-reactive ketones (excluding diaryl/α,β-unsaturated/α-hetero) is 1. The second-order valence-electron chi connectivity index (χ2n) is 8.07. The molecule has 1 aliphatic carbocycles. The van der Waals surface area contributed by atoms with Crippen molar-refractivity contribution in [3.05, 3.63) is 0 Å². The highest BCUT2D eigenvalue weighted by Crippen LogP contribution is 2.49. The third-order valence-electron chi connectivity index (χ3n) is 6.04. The van der Waals surface area contributed by atoms with E-state index in [1.165, 1.54) is 0 Å². The van der Waals surface area contributed by atoms with Crippen LogP contribution < -0.4 is 0 Å².